The maximum atomic E-state index is 13.5. The Kier molecular flexibility index (Phi) is 4.32. The predicted molar refractivity (Wildman–Crippen MR) is 103 cm³/mol. The smallest absolute Gasteiger partial charge is 0.151 e. The number of para-hydroxylation sites is 1. The van der Waals surface area contributed by atoms with Crippen LogP contribution in [0.25, 0.3) is 10.9 Å². The fourth-order valence-electron chi connectivity index (χ4n) is 3.76. The van der Waals surface area contributed by atoms with Crippen LogP contribution in [0.3, 0.4) is 0 Å². The van der Waals surface area contributed by atoms with Crippen molar-refractivity contribution in [1.82, 2.24) is 4.98 Å². The highest BCUT2D eigenvalue weighted by molar-refractivity contribution is 7.89. The third-order valence-corrected chi connectivity index (χ3v) is 6.14. The van der Waals surface area contributed by atoms with Gasteiger partial charge in [-0.05, 0) is 47.6 Å². The second-order valence-corrected chi connectivity index (χ2v) is 9.68. The minimum atomic E-state index is -3.13. The number of rotatable bonds is 5. The number of halogens is 2. The van der Waals surface area contributed by atoms with E-state index in [2.05, 4.69) is 4.98 Å². The van der Waals surface area contributed by atoms with E-state index in [-0.39, 0.29) is 17.5 Å². The average Bonchev–Trinajstić information content (AvgIpc) is 3.28. The molecule has 136 valence electrons. The average molecular weight is 392 g/mol. The first-order valence-electron chi connectivity index (χ1n) is 8.55. The molecule has 0 bridgehead atoms. The van der Waals surface area contributed by atoms with E-state index in [1.807, 2.05) is 24.4 Å². The van der Waals surface area contributed by atoms with Crippen molar-refractivity contribution in [2.45, 2.75) is 24.5 Å². The summed E-state index contributed by atoms with van der Waals surface area (Å²) in [6.45, 7) is 0. The highest BCUT2D eigenvalue weighted by Gasteiger charge is 2.36. The van der Waals surface area contributed by atoms with Crippen LogP contribution in [-0.4, -0.2) is 19.7 Å². The van der Waals surface area contributed by atoms with Gasteiger partial charge in [-0.2, -0.15) is 0 Å². The maximum Gasteiger partial charge on any atom is 0.151 e. The van der Waals surface area contributed by atoms with Crippen LogP contribution in [0.2, 0.25) is 5.02 Å². The van der Waals surface area contributed by atoms with E-state index in [0.717, 1.165) is 40.4 Å². The van der Waals surface area contributed by atoms with Gasteiger partial charge in [-0.1, -0.05) is 35.9 Å². The Morgan fingerprint density at radius 3 is 2.65 bits per heavy atom. The molecule has 1 heterocycles. The van der Waals surface area contributed by atoms with E-state index in [4.69, 9.17) is 11.6 Å². The summed E-state index contributed by atoms with van der Waals surface area (Å²) < 4.78 is 37.0. The summed E-state index contributed by atoms with van der Waals surface area (Å²) in [5.41, 5.74) is 3.61. The van der Waals surface area contributed by atoms with Crippen molar-refractivity contribution in [2.24, 2.45) is 5.92 Å². The molecule has 26 heavy (non-hydrogen) atoms. The van der Waals surface area contributed by atoms with E-state index in [1.165, 1.54) is 18.4 Å². The molecular weight excluding hydrogens is 373 g/mol. The Morgan fingerprint density at radius 2 is 2.00 bits per heavy atom. The Balaban J connectivity index is 1.85. The molecule has 4 rings (SSSR count). The molecule has 0 amide bonds. The lowest BCUT2D eigenvalue weighted by Crippen LogP contribution is -2.04. The molecule has 0 spiro atoms. The molecule has 1 aliphatic rings. The normalized spacial score (nSPS) is 16.1. The summed E-state index contributed by atoms with van der Waals surface area (Å²) in [7, 11) is -3.13. The van der Waals surface area contributed by atoms with Gasteiger partial charge in [-0.25, -0.2) is 12.8 Å². The third kappa shape index (κ3) is 3.38. The maximum absolute atomic E-state index is 13.5. The van der Waals surface area contributed by atoms with Crippen LogP contribution in [0, 0.1) is 11.7 Å². The van der Waals surface area contributed by atoms with Gasteiger partial charge in [-0.3, -0.25) is 0 Å². The SMILES string of the molecule is CS(=O)(=O)Cc1cccc2c(C(c3ccc(F)cc3Cl)C3CC3)c[nH]c12. The molecule has 1 atom stereocenters. The highest BCUT2D eigenvalue weighted by Crippen LogP contribution is 2.49. The molecule has 0 saturated heterocycles. The number of fused-ring (bicyclic) bond motifs is 1. The summed E-state index contributed by atoms with van der Waals surface area (Å²) in [6.07, 6.45) is 5.39. The van der Waals surface area contributed by atoms with Crippen molar-refractivity contribution < 1.29 is 12.8 Å². The molecule has 1 aromatic heterocycles. The molecule has 6 heteroatoms. The van der Waals surface area contributed by atoms with Crippen LogP contribution in [0.1, 0.15) is 35.4 Å². The number of H-pyrrole nitrogens is 1. The molecule has 1 N–H and O–H groups in total. The molecular formula is C20H19ClFNO2S. The zero-order valence-electron chi connectivity index (χ0n) is 14.3. The minimum absolute atomic E-state index is 0.00427. The Morgan fingerprint density at radius 1 is 1.23 bits per heavy atom. The van der Waals surface area contributed by atoms with Crippen molar-refractivity contribution in [2.75, 3.05) is 6.26 Å². The quantitative estimate of drug-likeness (QED) is 0.661. The molecule has 0 aliphatic heterocycles. The van der Waals surface area contributed by atoms with Crippen molar-refractivity contribution in [1.29, 1.82) is 0 Å². The summed E-state index contributed by atoms with van der Waals surface area (Å²) in [4.78, 5) is 3.26. The van der Waals surface area contributed by atoms with Crippen LogP contribution in [-0.2, 0) is 15.6 Å². The third-order valence-electron chi connectivity index (χ3n) is 4.98. The van der Waals surface area contributed by atoms with E-state index < -0.39 is 9.84 Å². The van der Waals surface area contributed by atoms with Gasteiger partial charge in [-0.15, -0.1) is 0 Å². The Hall–Kier alpha value is -1.85. The van der Waals surface area contributed by atoms with E-state index in [1.54, 1.807) is 6.07 Å². The van der Waals surface area contributed by atoms with Crippen LogP contribution >= 0.6 is 11.6 Å². The summed E-state index contributed by atoms with van der Waals surface area (Å²) in [6, 6.07) is 10.3. The molecule has 3 nitrogen and oxygen atoms in total. The zero-order valence-corrected chi connectivity index (χ0v) is 15.9. The van der Waals surface area contributed by atoms with Gasteiger partial charge >= 0.3 is 0 Å². The number of sulfone groups is 1. The number of benzene rings is 2. The second kappa shape index (κ2) is 6.39. The first-order valence-corrected chi connectivity index (χ1v) is 11.0. The number of aromatic nitrogens is 1. The van der Waals surface area contributed by atoms with Gasteiger partial charge < -0.3 is 4.98 Å². The van der Waals surface area contributed by atoms with Gasteiger partial charge in [0.15, 0.2) is 9.84 Å². The summed E-state index contributed by atoms with van der Waals surface area (Å²) >= 11 is 6.35. The second-order valence-electron chi connectivity index (χ2n) is 7.13. The first kappa shape index (κ1) is 17.6. The van der Waals surface area contributed by atoms with Gasteiger partial charge in [0, 0.05) is 34.3 Å². The van der Waals surface area contributed by atoms with E-state index in [9.17, 15) is 12.8 Å². The summed E-state index contributed by atoms with van der Waals surface area (Å²) in [5.74, 6) is 0.193. The molecule has 2 aromatic carbocycles. The van der Waals surface area contributed by atoms with E-state index >= 15 is 0 Å². The van der Waals surface area contributed by atoms with Crippen molar-refractivity contribution in [3.05, 3.63) is 70.1 Å². The van der Waals surface area contributed by atoms with Crippen LogP contribution in [0.5, 0.6) is 0 Å². The topological polar surface area (TPSA) is 49.9 Å². The lowest BCUT2D eigenvalue weighted by atomic mass is 9.86. The van der Waals surface area contributed by atoms with Gasteiger partial charge in [0.2, 0.25) is 0 Å². The lowest BCUT2D eigenvalue weighted by molar-refractivity contribution is 0.601. The van der Waals surface area contributed by atoms with Crippen LogP contribution < -0.4 is 0 Å². The monoisotopic (exact) mass is 391 g/mol. The van der Waals surface area contributed by atoms with Gasteiger partial charge in [0.25, 0.3) is 0 Å². The summed E-state index contributed by atoms with van der Waals surface area (Å²) in [5, 5.41) is 1.44. The molecule has 1 unspecified atom stereocenters. The molecule has 0 radical (unpaired) electrons. The molecule has 1 saturated carbocycles. The van der Waals surface area contributed by atoms with Gasteiger partial charge in [0.1, 0.15) is 5.82 Å². The molecule has 3 aromatic rings. The number of aromatic amines is 1. The first-order chi connectivity index (χ1) is 12.3. The minimum Gasteiger partial charge on any atom is -0.361 e. The number of hydrogen-bond donors (Lipinski definition) is 1. The van der Waals surface area contributed by atoms with Crippen LogP contribution in [0.15, 0.2) is 42.6 Å². The van der Waals surface area contributed by atoms with E-state index in [0.29, 0.717) is 10.9 Å². The van der Waals surface area contributed by atoms with Gasteiger partial charge in [0.05, 0.1) is 5.75 Å². The number of nitrogens with one attached hydrogen (secondary N) is 1. The lowest BCUT2D eigenvalue weighted by Gasteiger charge is -2.18. The Labute approximate surface area is 157 Å². The van der Waals surface area contributed by atoms with Crippen molar-refractivity contribution in [3.63, 3.8) is 0 Å². The van der Waals surface area contributed by atoms with Crippen molar-refractivity contribution in [3.8, 4) is 0 Å². The zero-order chi connectivity index (χ0) is 18.5. The highest BCUT2D eigenvalue weighted by atomic mass is 35.5. The fraction of sp³-hybridized carbons (Fsp3) is 0.300. The Bertz CT molecular complexity index is 1090. The molecule has 1 aliphatic carbocycles. The van der Waals surface area contributed by atoms with Crippen LogP contribution in [0.4, 0.5) is 4.39 Å². The predicted octanol–water partition coefficient (Wildman–Crippen LogP) is 5.05. The number of hydrogen-bond acceptors (Lipinski definition) is 2. The standard InChI is InChI=1S/C20H19ClFNO2S/c1-26(24,25)11-13-3-2-4-15-17(10-23-20(13)15)19(12-5-6-12)16-8-7-14(22)9-18(16)21/h2-4,7-10,12,19,23H,5-6,11H2,1H3. The molecule has 1 fully saturated rings. The fourth-order valence-corrected chi connectivity index (χ4v) is 4.85. The largest absolute Gasteiger partial charge is 0.361 e. The van der Waals surface area contributed by atoms with Crippen molar-refractivity contribution >= 4 is 32.3 Å².